The van der Waals surface area contributed by atoms with Gasteiger partial charge in [0.1, 0.15) is 11.9 Å². The Morgan fingerprint density at radius 2 is 1.94 bits per heavy atom. The Bertz CT molecular complexity index is 1180. The number of anilines is 1. The number of carbonyl (C=O) groups is 1. The number of aromatic nitrogens is 2. The summed E-state index contributed by atoms with van der Waals surface area (Å²) in [7, 11) is 0. The highest BCUT2D eigenvalue weighted by molar-refractivity contribution is 5.85. The molecule has 0 spiro atoms. The van der Waals surface area contributed by atoms with Crippen LogP contribution < -0.4 is 5.32 Å². The number of hydrogen-bond acceptors (Lipinski definition) is 5. The molecule has 0 atom stereocenters. The van der Waals surface area contributed by atoms with Crippen molar-refractivity contribution in [3.63, 3.8) is 0 Å². The minimum atomic E-state index is 0.273. The molecule has 2 fully saturated rings. The first-order chi connectivity index (χ1) is 15.7. The summed E-state index contributed by atoms with van der Waals surface area (Å²) >= 11 is 0. The number of nitrogens with one attached hydrogen (secondary N) is 1. The van der Waals surface area contributed by atoms with Gasteiger partial charge in [-0.2, -0.15) is 5.26 Å². The van der Waals surface area contributed by atoms with Crippen LogP contribution in [-0.4, -0.2) is 64.4 Å². The van der Waals surface area contributed by atoms with Crippen molar-refractivity contribution < 1.29 is 4.79 Å². The number of carbonyl (C=O) groups excluding carboxylic acids is 1. The van der Waals surface area contributed by atoms with E-state index in [1.807, 2.05) is 37.3 Å². The summed E-state index contributed by atoms with van der Waals surface area (Å²) < 4.78 is 2.05. The van der Waals surface area contributed by atoms with E-state index < -0.39 is 0 Å². The molecule has 7 heteroatoms. The van der Waals surface area contributed by atoms with Gasteiger partial charge in [-0.05, 0) is 43.5 Å². The lowest BCUT2D eigenvalue weighted by atomic mass is 10.1. The minimum Gasteiger partial charge on any atom is -0.370 e. The molecule has 3 aromatic rings. The summed E-state index contributed by atoms with van der Waals surface area (Å²) in [6.07, 6.45) is 4.56. The van der Waals surface area contributed by atoms with Crippen molar-refractivity contribution in [1.82, 2.24) is 19.2 Å². The molecule has 1 aromatic carbocycles. The molecule has 166 valence electrons. The van der Waals surface area contributed by atoms with Gasteiger partial charge >= 0.3 is 0 Å². The molecule has 2 aromatic heterocycles. The van der Waals surface area contributed by atoms with E-state index in [4.69, 9.17) is 4.98 Å². The molecule has 3 heterocycles. The van der Waals surface area contributed by atoms with E-state index in [0.717, 1.165) is 74.5 Å². The van der Waals surface area contributed by atoms with Gasteiger partial charge in [-0.25, -0.2) is 4.98 Å². The third-order valence-electron chi connectivity index (χ3n) is 7.01. The van der Waals surface area contributed by atoms with E-state index in [1.54, 1.807) is 0 Å². The van der Waals surface area contributed by atoms with Crippen molar-refractivity contribution >= 4 is 28.4 Å². The lowest BCUT2D eigenvalue weighted by Gasteiger charge is -2.36. The Balaban J connectivity index is 1.24. The zero-order chi connectivity index (χ0) is 22.1. The van der Waals surface area contributed by atoms with Gasteiger partial charge in [-0.1, -0.05) is 25.0 Å². The van der Waals surface area contributed by atoms with Crippen LogP contribution in [0.3, 0.4) is 0 Å². The van der Waals surface area contributed by atoms with Crippen molar-refractivity contribution in [1.29, 1.82) is 5.26 Å². The molecule has 1 N–H and O–H groups in total. The molecule has 5 rings (SSSR count). The van der Waals surface area contributed by atoms with Gasteiger partial charge in [-0.15, -0.1) is 0 Å². The fourth-order valence-electron chi connectivity index (χ4n) is 5.19. The van der Waals surface area contributed by atoms with Gasteiger partial charge < -0.3 is 10.2 Å². The molecule has 0 unspecified atom stereocenters. The third-order valence-corrected chi connectivity index (χ3v) is 7.01. The molecular weight excluding hydrogens is 400 g/mol. The second kappa shape index (κ2) is 8.79. The van der Waals surface area contributed by atoms with Crippen molar-refractivity contribution in [3.05, 3.63) is 41.5 Å². The van der Waals surface area contributed by atoms with E-state index in [9.17, 15) is 10.1 Å². The maximum Gasteiger partial charge on any atom is 0.225 e. The Labute approximate surface area is 188 Å². The fourth-order valence-corrected chi connectivity index (χ4v) is 5.19. The van der Waals surface area contributed by atoms with Crippen LogP contribution in [0.5, 0.6) is 0 Å². The van der Waals surface area contributed by atoms with Gasteiger partial charge in [-0.3, -0.25) is 14.1 Å². The first kappa shape index (κ1) is 20.8. The van der Waals surface area contributed by atoms with Crippen molar-refractivity contribution in [2.45, 2.75) is 32.6 Å². The summed E-state index contributed by atoms with van der Waals surface area (Å²) in [6, 6.07) is 12.3. The standard InChI is InChI=1S/C25H30N6O/c1-18-16-23(31-22-9-5-4-8-21(22)28-24(31)20(18)17-26)27-10-11-29-12-14-30(15-13-29)25(32)19-6-2-3-7-19/h4-5,8-9,16,19,27H,2-3,6-7,10-15H2,1H3. The number of rotatable bonds is 5. The average Bonchev–Trinajstić information content (AvgIpc) is 3.47. The smallest absolute Gasteiger partial charge is 0.225 e. The molecule has 7 nitrogen and oxygen atoms in total. The molecule has 0 radical (unpaired) electrons. The molecule has 0 bridgehead atoms. The molecule has 32 heavy (non-hydrogen) atoms. The molecule has 1 saturated heterocycles. The Hall–Kier alpha value is -3.11. The lowest BCUT2D eigenvalue weighted by Crippen LogP contribution is -2.50. The number of hydrogen-bond donors (Lipinski definition) is 1. The van der Waals surface area contributed by atoms with Crippen molar-refractivity contribution in [3.8, 4) is 6.07 Å². The van der Waals surface area contributed by atoms with Crippen LogP contribution >= 0.6 is 0 Å². The Morgan fingerprint density at radius 3 is 2.69 bits per heavy atom. The van der Waals surface area contributed by atoms with Gasteiger partial charge in [0.25, 0.3) is 0 Å². The van der Waals surface area contributed by atoms with Crippen LogP contribution in [-0.2, 0) is 4.79 Å². The molecular formula is C25H30N6O. The van der Waals surface area contributed by atoms with Gasteiger partial charge in [0.15, 0.2) is 5.65 Å². The maximum atomic E-state index is 12.7. The predicted molar refractivity (Wildman–Crippen MR) is 126 cm³/mol. The second-order valence-corrected chi connectivity index (χ2v) is 9.03. The van der Waals surface area contributed by atoms with Crippen molar-refractivity contribution in [2.24, 2.45) is 5.92 Å². The first-order valence-corrected chi connectivity index (χ1v) is 11.7. The van der Waals surface area contributed by atoms with Crippen LogP contribution in [0.4, 0.5) is 5.82 Å². The Kier molecular flexibility index (Phi) is 5.71. The largest absolute Gasteiger partial charge is 0.370 e. The number of nitriles is 1. The fraction of sp³-hybridized carbons (Fsp3) is 0.480. The quantitative estimate of drug-likeness (QED) is 0.671. The molecule has 2 aliphatic rings. The number of amides is 1. The average molecular weight is 431 g/mol. The predicted octanol–water partition coefficient (Wildman–Crippen LogP) is 3.41. The van der Waals surface area contributed by atoms with E-state index in [2.05, 4.69) is 25.6 Å². The summed E-state index contributed by atoms with van der Waals surface area (Å²) in [5.74, 6) is 1.61. The highest BCUT2D eigenvalue weighted by Gasteiger charge is 2.29. The van der Waals surface area contributed by atoms with Crippen LogP contribution in [0.15, 0.2) is 30.3 Å². The summed E-state index contributed by atoms with van der Waals surface area (Å²) in [4.78, 5) is 21.9. The van der Waals surface area contributed by atoms with Gasteiger partial charge in [0, 0.05) is 45.2 Å². The zero-order valence-electron chi connectivity index (χ0n) is 18.7. The van der Waals surface area contributed by atoms with Crippen molar-refractivity contribution in [2.75, 3.05) is 44.6 Å². The zero-order valence-corrected chi connectivity index (χ0v) is 18.7. The van der Waals surface area contributed by atoms with Crippen LogP contribution in [0.25, 0.3) is 16.7 Å². The summed E-state index contributed by atoms with van der Waals surface area (Å²) in [6.45, 7) is 7.20. The van der Waals surface area contributed by atoms with E-state index in [-0.39, 0.29) is 5.92 Å². The first-order valence-electron chi connectivity index (χ1n) is 11.7. The SMILES string of the molecule is Cc1cc(NCCN2CCN(C(=O)C3CCCC3)CC2)n2c(nc3ccccc32)c1C#N. The number of nitrogens with zero attached hydrogens (tertiary/aromatic N) is 5. The molecule has 1 amide bonds. The number of piperazine rings is 1. The number of aryl methyl sites for hydroxylation is 1. The normalized spacial score (nSPS) is 17.8. The van der Waals surface area contributed by atoms with Gasteiger partial charge in [0.2, 0.25) is 5.91 Å². The highest BCUT2D eigenvalue weighted by atomic mass is 16.2. The minimum absolute atomic E-state index is 0.273. The topological polar surface area (TPSA) is 76.7 Å². The monoisotopic (exact) mass is 430 g/mol. The number of benzene rings is 1. The Morgan fingerprint density at radius 1 is 1.19 bits per heavy atom. The summed E-state index contributed by atoms with van der Waals surface area (Å²) in [5.41, 5.74) is 4.14. The van der Waals surface area contributed by atoms with E-state index in [1.165, 1.54) is 12.8 Å². The number of fused-ring (bicyclic) bond motifs is 3. The van der Waals surface area contributed by atoms with E-state index in [0.29, 0.717) is 17.1 Å². The van der Waals surface area contributed by atoms with Gasteiger partial charge in [0.05, 0.1) is 16.6 Å². The van der Waals surface area contributed by atoms with Crippen LogP contribution in [0, 0.1) is 24.2 Å². The molecule has 1 aliphatic heterocycles. The number of para-hydroxylation sites is 2. The summed E-state index contributed by atoms with van der Waals surface area (Å²) in [5, 5.41) is 13.2. The second-order valence-electron chi connectivity index (χ2n) is 9.03. The highest BCUT2D eigenvalue weighted by Crippen LogP contribution is 2.28. The number of imidazole rings is 1. The van der Waals surface area contributed by atoms with Crippen LogP contribution in [0.1, 0.15) is 36.8 Å². The molecule has 1 saturated carbocycles. The third kappa shape index (κ3) is 3.80. The van der Waals surface area contributed by atoms with E-state index >= 15 is 0 Å². The molecule has 1 aliphatic carbocycles. The number of pyridine rings is 1. The maximum absolute atomic E-state index is 12.7. The van der Waals surface area contributed by atoms with Crippen LogP contribution in [0.2, 0.25) is 0 Å². The lowest BCUT2D eigenvalue weighted by molar-refractivity contribution is -0.137.